The number of nitrogens with zero attached hydrogens (tertiary/aromatic N) is 3. The van der Waals surface area contributed by atoms with Crippen LogP contribution < -0.4 is 0 Å². The molecule has 0 bridgehead atoms. The molecule has 0 atom stereocenters. The third kappa shape index (κ3) is 4.13. The number of hydrogen-bond acceptors (Lipinski definition) is 5. The fourth-order valence-corrected chi connectivity index (χ4v) is 5.98. The van der Waals surface area contributed by atoms with Crippen LogP contribution in [0.2, 0.25) is 5.02 Å². The molecule has 1 fully saturated rings. The molecule has 9 heteroatoms. The number of hydrogen-bond donors (Lipinski definition) is 1. The molecule has 2 aromatic carbocycles. The van der Waals surface area contributed by atoms with Gasteiger partial charge < -0.3 is 5.11 Å². The van der Waals surface area contributed by atoms with E-state index in [4.69, 9.17) is 11.6 Å². The summed E-state index contributed by atoms with van der Waals surface area (Å²) in [5, 5.41) is 12.5. The zero-order chi connectivity index (χ0) is 20.6. The number of fused-ring (bicyclic) bond motifs is 1. The number of halogens is 2. The van der Waals surface area contributed by atoms with Crippen LogP contribution in [-0.4, -0.2) is 53.9 Å². The Kier molecular flexibility index (Phi) is 5.81. The van der Waals surface area contributed by atoms with Gasteiger partial charge in [0.15, 0.2) is 0 Å². The van der Waals surface area contributed by atoms with Crippen molar-refractivity contribution in [2.75, 3.05) is 26.2 Å². The minimum atomic E-state index is -3.65. The molecule has 0 saturated carbocycles. The van der Waals surface area contributed by atoms with Crippen LogP contribution in [-0.2, 0) is 16.6 Å². The van der Waals surface area contributed by atoms with Crippen molar-refractivity contribution in [3.8, 4) is 5.75 Å². The number of aromatic hydroxyl groups is 1. The first-order valence-electron chi connectivity index (χ1n) is 9.08. The van der Waals surface area contributed by atoms with Gasteiger partial charge in [-0.1, -0.05) is 33.6 Å². The summed E-state index contributed by atoms with van der Waals surface area (Å²) < 4.78 is 28.1. The molecule has 1 aromatic heterocycles. The molecule has 6 nitrogen and oxygen atoms in total. The van der Waals surface area contributed by atoms with E-state index in [0.717, 1.165) is 20.8 Å². The summed E-state index contributed by atoms with van der Waals surface area (Å²) in [6, 6.07) is 10.2. The van der Waals surface area contributed by atoms with Crippen molar-refractivity contribution in [3.05, 3.63) is 63.9 Å². The van der Waals surface area contributed by atoms with Crippen molar-refractivity contribution in [3.63, 3.8) is 0 Å². The van der Waals surface area contributed by atoms with Crippen LogP contribution >= 0.6 is 27.5 Å². The van der Waals surface area contributed by atoms with E-state index < -0.39 is 10.0 Å². The summed E-state index contributed by atoms with van der Waals surface area (Å²) >= 11 is 9.46. The summed E-state index contributed by atoms with van der Waals surface area (Å²) in [4.78, 5) is 6.42. The van der Waals surface area contributed by atoms with E-state index in [-0.39, 0.29) is 15.7 Å². The number of aromatic nitrogens is 1. The number of piperazine rings is 1. The molecule has 1 aliphatic rings. The lowest BCUT2D eigenvalue weighted by Gasteiger charge is -2.34. The normalized spacial score (nSPS) is 16.3. The van der Waals surface area contributed by atoms with Gasteiger partial charge in [0.1, 0.15) is 10.6 Å². The summed E-state index contributed by atoms with van der Waals surface area (Å²) in [6.07, 6.45) is 3.47. The molecular formula is C20H19BrClN3O3S. The number of rotatable bonds is 4. The van der Waals surface area contributed by atoms with Crippen molar-refractivity contribution in [2.45, 2.75) is 11.4 Å². The first kappa shape index (κ1) is 20.6. The Hall–Kier alpha value is -1.71. The number of benzene rings is 2. The Morgan fingerprint density at radius 2 is 1.86 bits per heavy atom. The molecular weight excluding hydrogens is 478 g/mol. The molecule has 29 heavy (non-hydrogen) atoms. The van der Waals surface area contributed by atoms with Crippen LogP contribution in [0.25, 0.3) is 10.8 Å². The molecule has 2 heterocycles. The standard InChI is InChI=1S/C20H19BrClN3O3S/c21-15-2-4-20(18(22)11-15)29(27,28)25-9-7-24(8-10-25)13-17-16-12-23-6-5-14(16)1-3-19(17)26/h1-6,11-12,26H,7-10,13H2. The van der Waals surface area contributed by atoms with Gasteiger partial charge in [0.25, 0.3) is 0 Å². The molecule has 4 rings (SSSR count). The Labute approximate surface area is 182 Å². The Morgan fingerprint density at radius 3 is 2.59 bits per heavy atom. The zero-order valence-electron chi connectivity index (χ0n) is 15.4. The Balaban J connectivity index is 1.50. The number of phenols is 1. The largest absolute Gasteiger partial charge is 0.508 e. The van der Waals surface area contributed by atoms with Crippen molar-refractivity contribution in [1.29, 1.82) is 0 Å². The molecule has 0 amide bonds. The summed E-state index contributed by atoms with van der Waals surface area (Å²) in [5.74, 6) is 0.224. The molecule has 3 aromatic rings. The number of sulfonamides is 1. The predicted octanol–water partition coefficient (Wildman–Crippen LogP) is 3.86. The van der Waals surface area contributed by atoms with Crippen molar-refractivity contribution < 1.29 is 13.5 Å². The van der Waals surface area contributed by atoms with Crippen LogP contribution in [0.4, 0.5) is 0 Å². The van der Waals surface area contributed by atoms with Gasteiger partial charge in [0.05, 0.1) is 5.02 Å². The van der Waals surface area contributed by atoms with E-state index in [2.05, 4.69) is 25.8 Å². The highest BCUT2D eigenvalue weighted by Crippen LogP contribution is 2.30. The van der Waals surface area contributed by atoms with Crippen molar-refractivity contribution in [2.24, 2.45) is 0 Å². The van der Waals surface area contributed by atoms with Gasteiger partial charge in [-0.2, -0.15) is 4.31 Å². The first-order chi connectivity index (χ1) is 13.9. The predicted molar refractivity (Wildman–Crippen MR) is 117 cm³/mol. The van der Waals surface area contributed by atoms with Crippen molar-refractivity contribution in [1.82, 2.24) is 14.2 Å². The van der Waals surface area contributed by atoms with Gasteiger partial charge in [-0.3, -0.25) is 9.88 Å². The lowest BCUT2D eigenvalue weighted by molar-refractivity contribution is 0.180. The molecule has 1 aliphatic heterocycles. The molecule has 0 aliphatic carbocycles. The van der Waals surface area contributed by atoms with Crippen LogP contribution in [0, 0.1) is 0 Å². The monoisotopic (exact) mass is 495 g/mol. The lowest BCUT2D eigenvalue weighted by atomic mass is 10.0. The van der Waals surface area contributed by atoms with Gasteiger partial charge in [0, 0.05) is 60.5 Å². The SMILES string of the molecule is O=S(=O)(c1ccc(Br)cc1Cl)N1CCN(Cc2c(O)ccc3ccncc23)CC1. The maximum absolute atomic E-state index is 13.0. The van der Waals surface area contributed by atoms with E-state index in [1.165, 1.54) is 10.4 Å². The highest BCUT2D eigenvalue weighted by molar-refractivity contribution is 9.10. The maximum atomic E-state index is 13.0. The first-order valence-corrected chi connectivity index (χ1v) is 11.7. The van der Waals surface area contributed by atoms with Crippen LogP contribution in [0.5, 0.6) is 5.75 Å². The van der Waals surface area contributed by atoms with Crippen LogP contribution in [0.3, 0.4) is 0 Å². The van der Waals surface area contributed by atoms with Gasteiger partial charge in [0.2, 0.25) is 10.0 Å². The molecule has 0 radical (unpaired) electrons. The van der Waals surface area contributed by atoms with Gasteiger partial charge in [-0.15, -0.1) is 0 Å². The number of phenolic OH excluding ortho intramolecular Hbond substituents is 1. The lowest BCUT2D eigenvalue weighted by Crippen LogP contribution is -2.48. The van der Waals surface area contributed by atoms with E-state index >= 15 is 0 Å². The highest BCUT2D eigenvalue weighted by atomic mass is 79.9. The minimum absolute atomic E-state index is 0.119. The second-order valence-electron chi connectivity index (χ2n) is 6.92. The fourth-order valence-electron chi connectivity index (χ4n) is 3.55. The van der Waals surface area contributed by atoms with Gasteiger partial charge in [-0.25, -0.2) is 8.42 Å². The van der Waals surface area contributed by atoms with Gasteiger partial charge in [-0.05, 0) is 35.7 Å². The smallest absolute Gasteiger partial charge is 0.244 e. The average molecular weight is 497 g/mol. The van der Waals surface area contributed by atoms with Crippen LogP contribution in [0.1, 0.15) is 5.56 Å². The zero-order valence-corrected chi connectivity index (χ0v) is 18.6. The van der Waals surface area contributed by atoms with E-state index in [1.807, 2.05) is 12.1 Å². The molecule has 152 valence electrons. The third-order valence-electron chi connectivity index (χ3n) is 5.13. The topological polar surface area (TPSA) is 73.7 Å². The minimum Gasteiger partial charge on any atom is -0.508 e. The molecule has 1 N–H and O–H groups in total. The number of pyridine rings is 1. The van der Waals surface area contributed by atoms with Crippen LogP contribution in [0.15, 0.2) is 58.2 Å². The molecule has 0 unspecified atom stereocenters. The fraction of sp³-hybridized carbons (Fsp3) is 0.250. The molecule has 0 spiro atoms. The van der Waals surface area contributed by atoms with E-state index in [1.54, 1.807) is 30.6 Å². The highest BCUT2D eigenvalue weighted by Gasteiger charge is 2.30. The second-order valence-corrected chi connectivity index (χ2v) is 10.1. The maximum Gasteiger partial charge on any atom is 0.244 e. The second kappa shape index (κ2) is 8.20. The quantitative estimate of drug-likeness (QED) is 0.594. The van der Waals surface area contributed by atoms with Crippen molar-refractivity contribution >= 4 is 48.3 Å². The molecule has 1 saturated heterocycles. The van der Waals surface area contributed by atoms with Gasteiger partial charge >= 0.3 is 0 Å². The summed E-state index contributed by atoms with van der Waals surface area (Å²) in [6.45, 7) is 2.37. The Bertz CT molecular complexity index is 1160. The average Bonchev–Trinajstić information content (AvgIpc) is 2.70. The Morgan fingerprint density at radius 1 is 1.10 bits per heavy atom. The third-order valence-corrected chi connectivity index (χ3v) is 8.01. The van der Waals surface area contributed by atoms with E-state index in [9.17, 15) is 13.5 Å². The summed E-state index contributed by atoms with van der Waals surface area (Å²) in [5.41, 5.74) is 0.808. The van der Waals surface area contributed by atoms with E-state index in [0.29, 0.717) is 32.7 Å². The summed E-state index contributed by atoms with van der Waals surface area (Å²) in [7, 11) is -3.65.